The molecule has 0 unspecified atom stereocenters. The number of rotatable bonds is 4. The van der Waals surface area contributed by atoms with Crippen molar-refractivity contribution >= 4 is 29.8 Å². The maximum absolute atomic E-state index is 12.3. The highest BCUT2D eigenvalue weighted by Crippen LogP contribution is 2.35. The zero-order chi connectivity index (χ0) is 18.8. The van der Waals surface area contributed by atoms with E-state index >= 15 is 0 Å². The zero-order valence-electron chi connectivity index (χ0n) is 14.3. The molecule has 1 aliphatic rings. The van der Waals surface area contributed by atoms with Gasteiger partial charge in [-0.05, 0) is 39.3 Å². The summed E-state index contributed by atoms with van der Waals surface area (Å²) in [4.78, 5) is 36.8. The predicted octanol–water partition coefficient (Wildman–Crippen LogP) is 2.94. The van der Waals surface area contributed by atoms with E-state index in [0.717, 1.165) is 0 Å². The molecule has 8 heteroatoms. The van der Waals surface area contributed by atoms with Crippen molar-refractivity contribution in [3.63, 3.8) is 0 Å². The molecule has 2 rings (SSSR count). The van der Waals surface area contributed by atoms with Gasteiger partial charge in [0.2, 0.25) is 0 Å². The number of carbonyl (C=O) groups excluding carboxylic acids is 1. The summed E-state index contributed by atoms with van der Waals surface area (Å²) in [5, 5.41) is 18.4. The summed E-state index contributed by atoms with van der Waals surface area (Å²) in [7, 11) is 0. The van der Waals surface area contributed by atoms with E-state index < -0.39 is 29.7 Å². The molecule has 1 aromatic carbocycles. The van der Waals surface area contributed by atoms with E-state index in [-0.39, 0.29) is 23.8 Å². The van der Waals surface area contributed by atoms with Gasteiger partial charge in [-0.25, -0.2) is 14.4 Å². The summed E-state index contributed by atoms with van der Waals surface area (Å²) in [5.41, 5.74) is -0.559. The maximum atomic E-state index is 12.3. The fourth-order valence-corrected chi connectivity index (χ4v) is 3.88. The average molecular weight is 367 g/mol. The van der Waals surface area contributed by atoms with Crippen LogP contribution in [0.2, 0.25) is 0 Å². The minimum Gasteiger partial charge on any atom is -0.480 e. The highest BCUT2D eigenvalue weighted by molar-refractivity contribution is 8.00. The van der Waals surface area contributed by atoms with Gasteiger partial charge in [0, 0.05) is 16.7 Å². The Labute approximate surface area is 150 Å². The van der Waals surface area contributed by atoms with Gasteiger partial charge in [0.25, 0.3) is 0 Å². The molecule has 1 aliphatic heterocycles. The van der Waals surface area contributed by atoms with E-state index in [1.165, 1.54) is 22.7 Å². The second-order valence-electron chi connectivity index (χ2n) is 6.76. The molecule has 7 nitrogen and oxygen atoms in total. The summed E-state index contributed by atoms with van der Waals surface area (Å²) >= 11 is 1.27. The van der Waals surface area contributed by atoms with Crippen LogP contribution in [0.25, 0.3) is 0 Å². The first-order chi connectivity index (χ1) is 11.6. The van der Waals surface area contributed by atoms with Gasteiger partial charge in [0.1, 0.15) is 11.6 Å². The third-order valence-electron chi connectivity index (χ3n) is 3.59. The predicted molar refractivity (Wildman–Crippen MR) is 92.0 cm³/mol. The van der Waals surface area contributed by atoms with Crippen LogP contribution in [-0.4, -0.2) is 56.6 Å². The topological polar surface area (TPSA) is 104 Å². The number of thioether (sulfide) groups is 1. The molecule has 136 valence electrons. The summed E-state index contributed by atoms with van der Waals surface area (Å²) in [6.07, 6.45) is -0.442. The number of likely N-dealkylation sites (tertiary alicyclic amines) is 1. The number of benzene rings is 1. The average Bonchev–Trinajstić information content (AvgIpc) is 2.90. The van der Waals surface area contributed by atoms with E-state index in [2.05, 4.69) is 0 Å². The number of nitrogens with zero attached hydrogens (tertiary/aromatic N) is 1. The van der Waals surface area contributed by atoms with E-state index in [1.807, 2.05) is 0 Å². The fourth-order valence-electron chi connectivity index (χ4n) is 2.56. The number of hydrogen-bond donors (Lipinski definition) is 2. The SMILES string of the molecule is CC(C)(C)OC(=O)N1C[C@@H](Sc2ccccc2C(=O)O)C[C@H]1C(=O)O. The maximum Gasteiger partial charge on any atom is 0.411 e. The molecule has 0 aromatic heterocycles. The number of aromatic carboxylic acids is 1. The molecule has 0 radical (unpaired) electrons. The number of carboxylic acids is 2. The Balaban J connectivity index is 2.16. The summed E-state index contributed by atoms with van der Waals surface area (Å²) in [6, 6.07) is 5.56. The number of amides is 1. The molecular formula is C17H21NO6S. The van der Waals surface area contributed by atoms with Crippen LogP contribution in [0.5, 0.6) is 0 Å². The van der Waals surface area contributed by atoms with Gasteiger partial charge in [0.05, 0.1) is 5.56 Å². The Hall–Kier alpha value is -2.22. The highest BCUT2D eigenvalue weighted by Gasteiger charge is 2.42. The summed E-state index contributed by atoms with van der Waals surface area (Å²) < 4.78 is 5.28. The third-order valence-corrected chi connectivity index (χ3v) is 4.87. The lowest BCUT2D eigenvalue weighted by Gasteiger charge is -2.26. The standard InChI is InChI=1S/C17H21NO6S/c1-17(2,3)24-16(23)18-9-10(8-12(18)15(21)22)25-13-7-5-4-6-11(13)14(19)20/h4-7,10,12H,8-9H2,1-3H3,(H,19,20)(H,21,22)/t10-,12-/m0/s1. The van der Waals surface area contributed by atoms with Gasteiger partial charge in [0.15, 0.2) is 0 Å². The molecule has 0 spiro atoms. The van der Waals surface area contributed by atoms with Crippen molar-refractivity contribution < 1.29 is 29.3 Å². The monoisotopic (exact) mass is 367 g/mol. The van der Waals surface area contributed by atoms with Crippen molar-refractivity contribution in [2.24, 2.45) is 0 Å². The number of carbonyl (C=O) groups is 3. The molecule has 0 bridgehead atoms. The lowest BCUT2D eigenvalue weighted by Crippen LogP contribution is -2.43. The lowest BCUT2D eigenvalue weighted by atomic mass is 10.2. The van der Waals surface area contributed by atoms with E-state index in [9.17, 15) is 24.6 Å². The first-order valence-corrected chi connectivity index (χ1v) is 8.68. The molecular weight excluding hydrogens is 346 g/mol. The Morgan fingerprint density at radius 3 is 2.40 bits per heavy atom. The van der Waals surface area contributed by atoms with Gasteiger partial charge in [-0.2, -0.15) is 0 Å². The van der Waals surface area contributed by atoms with Crippen LogP contribution >= 0.6 is 11.8 Å². The van der Waals surface area contributed by atoms with Crippen molar-refractivity contribution in [2.45, 2.75) is 49.0 Å². The van der Waals surface area contributed by atoms with Crippen LogP contribution in [0.4, 0.5) is 4.79 Å². The molecule has 2 atom stereocenters. The third kappa shape index (κ3) is 4.88. The highest BCUT2D eigenvalue weighted by atomic mass is 32.2. The Morgan fingerprint density at radius 1 is 1.20 bits per heavy atom. The first-order valence-electron chi connectivity index (χ1n) is 7.80. The normalized spacial score (nSPS) is 20.4. The minimum atomic E-state index is -1.10. The van der Waals surface area contributed by atoms with Crippen molar-refractivity contribution in [1.29, 1.82) is 0 Å². The van der Waals surface area contributed by atoms with E-state index in [0.29, 0.717) is 4.90 Å². The molecule has 1 saturated heterocycles. The molecule has 0 saturated carbocycles. The minimum absolute atomic E-state index is 0.162. The quantitative estimate of drug-likeness (QED) is 0.843. The van der Waals surface area contributed by atoms with E-state index in [4.69, 9.17) is 4.74 Å². The number of hydrogen-bond acceptors (Lipinski definition) is 5. The van der Waals surface area contributed by atoms with Crippen molar-refractivity contribution in [2.75, 3.05) is 6.54 Å². The van der Waals surface area contributed by atoms with Gasteiger partial charge in [-0.3, -0.25) is 4.90 Å². The summed E-state index contributed by atoms with van der Waals surface area (Å²) in [6.45, 7) is 5.33. The molecule has 25 heavy (non-hydrogen) atoms. The summed E-state index contributed by atoms with van der Waals surface area (Å²) in [5.74, 6) is -2.14. The number of ether oxygens (including phenoxy) is 1. The van der Waals surface area contributed by atoms with Gasteiger partial charge < -0.3 is 14.9 Å². The number of carboxylic acid groups (broad SMARTS) is 2. The van der Waals surface area contributed by atoms with Crippen LogP contribution in [0.15, 0.2) is 29.2 Å². The van der Waals surface area contributed by atoms with Crippen LogP contribution in [-0.2, 0) is 9.53 Å². The van der Waals surface area contributed by atoms with Crippen molar-refractivity contribution in [3.8, 4) is 0 Å². The number of aliphatic carboxylic acids is 1. The van der Waals surface area contributed by atoms with Crippen LogP contribution < -0.4 is 0 Å². The lowest BCUT2D eigenvalue weighted by molar-refractivity contribution is -0.142. The van der Waals surface area contributed by atoms with E-state index in [1.54, 1.807) is 39.0 Å². The molecule has 2 N–H and O–H groups in total. The second kappa shape index (κ2) is 7.35. The van der Waals surface area contributed by atoms with Crippen LogP contribution in [0.3, 0.4) is 0 Å². The van der Waals surface area contributed by atoms with Gasteiger partial charge >= 0.3 is 18.0 Å². The molecule has 1 amide bonds. The van der Waals surface area contributed by atoms with Crippen molar-refractivity contribution in [1.82, 2.24) is 4.90 Å². The Kier molecular flexibility index (Phi) is 5.62. The Morgan fingerprint density at radius 2 is 1.84 bits per heavy atom. The molecule has 1 heterocycles. The van der Waals surface area contributed by atoms with Gasteiger partial charge in [-0.15, -0.1) is 11.8 Å². The van der Waals surface area contributed by atoms with Crippen LogP contribution in [0.1, 0.15) is 37.6 Å². The molecule has 1 fully saturated rings. The molecule has 0 aliphatic carbocycles. The largest absolute Gasteiger partial charge is 0.480 e. The van der Waals surface area contributed by atoms with Gasteiger partial charge in [-0.1, -0.05) is 12.1 Å². The zero-order valence-corrected chi connectivity index (χ0v) is 15.1. The van der Waals surface area contributed by atoms with Crippen molar-refractivity contribution in [3.05, 3.63) is 29.8 Å². The fraction of sp³-hybridized carbons (Fsp3) is 0.471. The second-order valence-corrected chi connectivity index (χ2v) is 8.11. The van der Waals surface area contributed by atoms with Crippen LogP contribution in [0, 0.1) is 0 Å². The Bertz CT molecular complexity index is 684. The first kappa shape index (κ1) is 19.1. The smallest absolute Gasteiger partial charge is 0.411 e. The molecule has 1 aromatic rings.